The number of carboxylic acid groups (broad SMARTS) is 1. The molecule has 6 nitrogen and oxygen atoms in total. The Hall–Kier alpha value is -1.85. The summed E-state index contributed by atoms with van der Waals surface area (Å²) in [4.78, 5) is 25.1. The summed E-state index contributed by atoms with van der Waals surface area (Å²) in [6, 6.07) is -0.708. The maximum absolute atomic E-state index is 12.4. The highest BCUT2D eigenvalue weighted by molar-refractivity contribution is 5.98. The van der Waals surface area contributed by atoms with E-state index in [0.717, 1.165) is 12.8 Å². The molecule has 1 aliphatic heterocycles. The van der Waals surface area contributed by atoms with Gasteiger partial charge in [-0.25, -0.2) is 4.79 Å². The molecule has 1 aromatic rings. The van der Waals surface area contributed by atoms with Gasteiger partial charge in [0.15, 0.2) is 0 Å². The summed E-state index contributed by atoms with van der Waals surface area (Å²) in [5.74, 6) is -1.16. The molecule has 0 bridgehead atoms. The van der Waals surface area contributed by atoms with Crippen molar-refractivity contribution in [3.63, 3.8) is 0 Å². The van der Waals surface area contributed by atoms with Gasteiger partial charge in [-0.2, -0.15) is 5.10 Å². The van der Waals surface area contributed by atoms with Crippen molar-refractivity contribution >= 4 is 11.9 Å². The third-order valence-electron chi connectivity index (χ3n) is 3.39. The molecule has 18 heavy (non-hydrogen) atoms. The Bertz CT molecular complexity index is 461. The van der Waals surface area contributed by atoms with Crippen LogP contribution in [-0.4, -0.2) is 44.7 Å². The van der Waals surface area contributed by atoms with Crippen LogP contribution in [0.25, 0.3) is 0 Å². The molecular formula is C12H17N3O3. The molecule has 0 radical (unpaired) electrons. The monoisotopic (exact) mass is 251 g/mol. The van der Waals surface area contributed by atoms with E-state index in [4.69, 9.17) is 0 Å². The number of carbonyl (C=O) groups is 2. The van der Waals surface area contributed by atoms with Crippen molar-refractivity contribution in [3.05, 3.63) is 17.0 Å². The van der Waals surface area contributed by atoms with Gasteiger partial charge in [0.1, 0.15) is 6.04 Å². The van der Waals surface area contributed by atoms with Crippen LogP contribution >= 0.6 is 0 Å². The second-order valence-corrected chi connectivity index (χ2v) is 4.66. The molecule has 1 amide bonds. The highest BCUT2D eigenvalue weighted by Gasteiger charge is 2.34. The fourth-order valence-electron chi connectivity index (χ4n) is 2.44. The maximum atomic E-state index is 12.4. The minimum absolute atomic E-state index is 0.231. The quantitative estimate of drug-likeness (QED) is 0.824. The minimum atomic E-state index is -0.929. The van der Waals surface area contributed by atoms with Crippen molar-refractivity contribution in [2.45, 2.75) is 39.2 Å². The number of hydrogen-bond acceptors (Lipinski definition) is 3. The molecule has 98 valence electrons. The zero-order chi connectivity index (χ0) is 13.3. The number of aryl methyl sites for hydroxylation is 2. The second-order valence-electron chi connectivity index (χ2n) is 4.66. The number of hydrogen-bond donors (Lipinski definition) is 2. The number of carboxylic acids is 1. The number of aromatic amines is 1. The van der Waals surface area contributed by atoms with Crippen molar-refractivity contribution in [1.82, 2.24) is 15.1 Å². The lowest BCUT2D eigenvalue weighted by Crippen LogP contribution is -2.48. The van der Waals surface area contributed by atoms with Crippen molar-refractivity contribution in [2.75, 3.05) is 6.54 Å². The van der Waals surface area contributed by atoms with Gasteiger partial charge in [-0.3, -0.25) is 9.89 Å². The van der Waals surface area contributed by atoms with Crippen LogP contribution in [0.1, 0.15) is 41.0 Å². The first-order chi connectivity index (χ1) is 8.52. The van der Waals surface area contributed by atoms with Gasteiger partial charge >= 0.3 is 5.97 Å². The second kappa shape index (κ2) is 4.80. The van der Waals surface area contributed by atoms with Gasteiger partial charge in [-0.15, -0.1) is 0 Å². The number of carbonyl (C=O) groups excluding carboxylic acids is 1. The van der Waals surface area contributed by atoms with Gasteiger partial charge in [0, 0.05) is 12.2 Å². The largest absolute Gasteiger partial charge is 0.480 e. The first kappa shape index (κ1) is 12.6. The van der Waals surface area contributed by atoms with Crippen LogP contribution in [0, 0.1) is 13.8 Å². The summed E-state index contributed by atoms with van der Waals surface area (Å²) in [7, 11) is 0. The van der Waals surface area contributed by atoms with E-state index in [1.807, 2.05) is 0 Å². The highest BCUT2D eigenvalue weighted by atomic mass is 16.4. The lowest BCUT2D eigenvalue weighted by Gasteiger charge is -2.33. The molecule has 1 aromatic heterocycles. The molecule has 1 fully saturated rings. The number of nitrogens with zero attached hydrogens (tertiary/aromatic N) is 2. The minimum Gasteiger partial charge on any atom is -0.480 e. The summed E-state index contributed by atoms with van der Waals surface area (Å²) in [5.41, 5.74) is 1.81. The SMILES string of the molecule is Cc1n[nH]c(C)c1C(=O)N1CCCC[C@H]1C(=O)O. The third kappa shape index (κ3) is 2.10. The molecule has 0 aliphatic carbocycles. The van der Waals surface area contributed by atoms with Gasteiger partial charge in [-0.1, -0.05) is 0 Å². The Morgan fingerprint density at radius 3 is 2.67 bits per heavy atom. The Morgan fingerprint density at radius 2 is 2.11 bits per heavy atom. The van der Waals surface area contributed by atoms with Crippen LogP contribution < -0.4 is 0 Å². The van der Waals surface area contributed by atoms with Gasteiger partial charge < -0.3 is 10.0 Å². The predicted molar refractivity (Wildman–Crippen MR) is 64.4 cm³/mol. The van der Waals surface area contributed by atoms with E-state index in [9.17, 15) is 14.7 Å². The molecular weight excluding hydrogens is 234 g/mol. The van der Waals surface area contributed by atoms with Crippen LogP contribution in [0.2, 0.25) is 0 Å². The normalized spacial score (nSPS) is 19.9. The first-order valence-electron chi connectivity index (χ1n) is 6.07. The lowest BCUT2D eigenvalue weighted by atomic mass is 10.0. The topological polar surface area (TPSA) is 86.3 Å². The number of amides is 1. The number of aliphatic carboxylic acids is 1. The summed E-state index contributed by atoms with van der Waals surface area (Å²) < 4.78 is 0. The van der Waals surface area contributed by atoms with E-state index in [-0.39, 0.29) is 5.91 Å². The van der Waals surface area contributed by atoms with Crippen LogP contribution in [-0.2, 0) is 4.79 Å². The summed E-state index contributed by atoms with van der Waals surface area (Å²) >= 11 is 0. The van der Waals surface area contributed by atoms with E-state index in [0.29, 0.717) is 29.9 Å². The van der Waals surface area contributed by atoms with Crippen LogP contribution in [0.5, 0.6) is 0 Å². The average Bonchev–Trinajstić information content (AvgIpc) is 2.68. The van der Waals surface area contributed by atoms with Crippen molar-refractivity contribution in [2.24, 2.45) is 0 Å². The van der Waals surface area contributed by atoms with Crippen molar-refractivity contribution in [1.29, 1.82) is 0 Å². The Labute approximate surface area is 105 Å². The molecule has 0 spiro atoms. The van der Waals surface area contributed by atoms with Gasteiger partial charge in [-0.05, 0) is 33.1 Å². The summed E-state index contributed by atoms with van der Waals surface area (Å²) in [5, 5.41) is 15.9. The molecule has 2 heterocycles. The van der Waals surface area contributed by atoms with Crippen LogP contribution in [0.3, 0.4) is 0 Å². The molecule has 1 atom stereocenters. The number of nitrogens with one attached hydrogen (secondary N) is 1. The van der Waals surface area contributed by atoms with E-state index < -0.39 is 12.0 Å². The van der Waals surface area contributed by atoms with Crippen molar-refractivity contribution in [3.8, 4) is 0 Å². The number of likely N-dealkylation sites (tertiary alicyclic amines) is 1. The van der Waals surface area contributed by atoms with Gasteiger partial charge in [0.05, 0.1) is 11.3 Å². The molecule has 1 saturated heterocycles. The van der Waals surface area contributed by atoms with Gasteiger partial charge in [0.25, 0.3) is 5.91 Å². The number of rotatable bonds is 2. The molecule has 0 unspecified atom stereocenters. The van der Waals surface area contributed by atoms with E-state index in [1.54, 1.807) is 13.8 Å². The highest BCUT2D eigenvalue weighted by Crippen LogP contribution is 2.22. The molecule has 2 N–H and O–H groups in total. The molecule has 0 saturated carbocycles. The zero-order valence-electron chi connectivity index (χ0n) is 10.6. The van der Waals surface area contributed by atoms with Crippen LogP contribution in [0.15, 0.2) is 0 Å². The molecule has 1 aliphatic rings. The molecule has 0 aromatic carbocycles. The summed E-state index contributed by atoms with van der Waals surface area (Å²) in [6.45, 7) is 4.02. The Balaban J connectivity index is 2.29. The standard InChI is InChI=1S/C12H17N3O3/c1-7-10(8(2)14-13-7)11(16)15-6-4-3-5-9(15)12(17)18/h9H,3-6H2,1-2H3,(H,13,14)(H,17,18)/t9-/m0/s1. The maximum Gasteiger partial charge on any atom is 0.326 e. The Morgan fingerprint density at radius 1 is 1.39 bits per heavy atom. The lowest BCUT2D eigenvalue weighted by molar-refractivity contribution is -0.143. The molecule has 6 heteroatoms. The average molecular weight is 251 g/mol. The fourth-order valence-corrected chi connectivity index (χ4v) is 2.44. The third-order valence-corrected chi connectivity index (χ3v) is 3.39. The Kier molecular flexibility index (Phi) is 3.36. The predicted octanol–water partition coefficient (Wildman–Crippen LogP) is 1.11. The molecule has 2 rings (SSSR count). The summed E-state index contributed by atoms with van der Waals surface area (Å²) in [6.07, 6.45) is 2.23. The fraction of sp³-hybridized carbons (Fsp3) is 0.583. The smallest absolute Gasteiger partial charge is 0.326 e. The van der Waals surface area contributed by atoms with Crippen LogP contribution in [0.4, 0.5) is 0 Å². The number of aromatic nitrogens is 2. The number of H-pyrrole nitrogens is 1. The van der Waals surface area contributed by atoms with E-state index in [1.165, 1.54) is 4.90 Å². The first-order valence-corrected chi connectivity index (χ1v) is 6.07. The van der Waals surface area contributed by atoms with E-state index >= 15 is 0 Å². The number of piperidine rings is 1. The van der Waals surface area contributed by atoms with Crippen molar-refractivity contribution < 1.29 is 14.7 Å². The van der Waals surface area contributed by atoms with Gasteiger partial charge in [0.2, 0.25) is 0 Å². The van der Waals surface area contributed by atoms with E-state index in [2.05, 4.69) is 10.2 Å². The zero-order valence-corrected chi connectivity index (χ0v) is 10.6.